The van der Waals surface area contributed by atoms with Crippen molar-refractivity contribution in [1.29, 1.82) is 0 Å². The molecule has 3 rings (SSSR count). The van der Waals surface area contributed by atoms with E-state index in [0.29, 0.717) is 40.9 Å². The first-order valence-electron chi connectivity index (χ1n) is 9.56. The van der Waals surface area contributed by atoms with Gasteiger partial charge in [0.25, 0.3) is 5.56 Å². The number of unbranched alkanes of at least 4 members (excludes halogenated alkanes) is 2. The molecule has 1 aromatic carbocycles. The zero-order valence-corrected chi connectivity index (χ0v) is 17.9. The van der Waals surface area contributed by atoms with Crippen molar-refractivity contribution in [2.75, 3.05) is 6.54 Å². The molecular weight excluding hydrogens is 408 g/mol. The number of nitrogens with one attached hydrogen (secondary N) is 3. The Bertz CT molecular complexity index is 1170. The smallest absolute Gasteiger partial charge is 0.262 e. The Labute approximate surface area is 178 Å². The second-order valence-corrected chi connectivity index (χ2v) is 7.62. The molecule has 10 heteroatoms. The van der Waals surface area contributed by atoms with Crippen LogP contribution >= 0.6 is 24.4 Å². The Hall–Kier alpha value is -2.59. The van der Waals surface area contributed by atoms with E-state index in [1.807, 2.05) is 25.2 Å². The van der Waals surface area contributed by atoms with E-state index in [2.05, 4.69) is 20.5 Å². The van der Waals surface area contributed by atoms with Gasteiger partial charge in [0.15, 0.2) is 9.54 Å². The summed E-state index contributed by atoms with van der Waals surface area (Å²) in [7, 11) is 1.84. The number of benzene rings is 1. The standard InChI is InChI=1S/C19H24N6O2S2/c1-24-15(22-23-19(24)29)10-11-20-16(26)9-3-2-6-12-25-17(27)13-7-4-5-8-14(13)21-18(25)28/h4-5,7-8H,2-3,6,9-12H2,1H3,(H,20,26)(H,21,28)(H,23,29). The van der Waals surface area contributed by atoms with Crippen molar-refractivity contribution in [2.24, 2.45) is 7.05 Å². The summed E-state index contributed by atoms with van der Waals surface area (Å²) in [6.07, 6.45) is 3.47. The molecule has 0 fully saturated rings. The average Bonchev–Trinajstić information content (AvgIpc) is 3.02. The lowest BCUT2D eigenvalue weighted by atomic mass is 10.2. The number of hydrogen-bond acceptors (Lipinski definition) is 5. The summed E-state index contributed by atoms with van der Waals surface area (Å²) in [4.78, 5) is 27.6. The maximum Gasteiger partial charge on any atom is 0.262 e. The molecule has 1 amide bonds. The molecule has 0 atom stereocenters. The van der Waals surface area contributed by atoms with Gasteiger partial charge in [0.05, 0.1) is 10.9 Å². The van der Waals surface area contributed by atoms with Gasteiger partial charge in [0, 0.05) is 33.0 Å². The lowest BCUT2D eigenvalue weighted by Gasteiger charge is -2.08. The van der Waals surface area contributed by atoms with Gasteiger partial charge in [-0.3, -0.25) is 19.3 Å². The number of nitrogens with zero attached hydrogens (tertiary/aromatic N) is 3. The lowest BCUT2D eigenvalue weighted by molar-refractivity contribution is -0.121. The second-order valence-electron chi connectivity index (χ2n) is 6.85. The lowest BCUT2D eigenvalue weighted by Crippen LogP contribution is -2.26. The summed E-state index contributed by atoms with van der Waals surface area (Å²) in [5.41, 5.74) is 0.679. The highest BCUT2D eigenvalue weighted by atomic mass is 32.1. The number of aromatic nitrogens is 5. The Kier molecular flexibility index (Phi) is 7.10. The first-order chi connectivity index (χ1) is 14.0. The molecule has 0 aliphatic carbocycles. The molecule has 3 N–H and O–H groups in total. The first kappa shape index (κ1) is 21.1. The van der Waals surface area contributed by atoms with Gasteiger partial charge in [-0.2, -0.15) is 5.10 Å². The maximum absolute atomic E-state index is 12.6. The molecule has 0 saturated carbocycles. The van der Waals surface area contributed by atoms with Crippen LogP contribution in [0.1, 0.15) is 31.5 Å². The van der Waals surface area contributed by atoms with Crippen molar-refractivity contribution >= 4 is 41.2 Å². The van der Waals surface area contributed by atoms with Gasteiger partial charge >= 0.3 is 0 Å². The molecule has 29 heavy (non-hydrogen) atoms. The van der Waals surface area contributed by atoms with Crippen LogP contribution in [0.15, 0.2) is 29.1 Å². The van der Waals surface area contributed by atoms with Gasteiger partial charge in [-0.05, 0) is 49.4 Å². The highest BCUT2D eigenvalue weighted by Gasteiger charge is 2.06. The molecule has 0 aliphatic heterocycles. The Morgan fingerprint density at radius 2 is 1.97 bits per heavy atom. The van der Waals surface area contributed by atoms with E-state index in [1.54, 1.807) is 15.2 Å². The number of para-hydroxylation sites is 1. The minimum Gasteiger partial charge on any atom is -0.356 e. The monoisotopic (exact) mass is 432 g/mol. The van der Waals surface area contributed by atoms with Crippen LogP contribution in [-0.4, -0.2) is 36.8 Å². The highest BCUT2D eigenvalue weighted by molar-refractivity contribution is 7.71. The van der Waals surface area contributed by atoms with E-state index in [-0.39, 0.29) is 11.5 Å². The zero-order valence-electron chi connectivity index (χ0n) is 16.2. The molecule has 0 bridgehead atoms. The Morgan fingerprint density at radius 1 is 1.17 bits per heavy atom. The quantitative estimate of drug-likeness (QED) is 0.357. The van der Waals surface area contributed by atoms with Crippen molar-refractivity contribution in [3.63, 3.8) is 0 Å². The number of H-pyrrole nitrogens is 2. The summed E-state index contributed by atoms with van der Waals surface area (Å²) in [5.74, 6) is 0.828. The molecule has 3 aromatic rings. The maximum atomic E-state index is 12.6. The van der Waals surface area contributed by atoms with Crippen LogP contribution in [0.25, 0.3) is 10.9 Å². The van der Waals surface area contributed by atoms with E-state index in [1.165, 1.54) is 0 Å². The van der Waals surface area contributed by atoms with Crippen LogP contribution in [0, 0.1) is 9.54 Å². The predicted octanol–water partition coefficient (Wildman–Crippen LogP) is 2.77. The molecule has 8 nitrogen and oxygen atoms in total. The molecule has 154 valence electrons. The third kappa shape index (κ3) is 5.27. The molecule has 0 radical (unpaired) electrons. The fraction of sp³-hybridized carbons (Fsp3) is 0.421. The van der Waals surface area contributed by atoms with Gasteiger partial charge in [-0.25, -0.2) is 0 Å². The fourth-order valence-electron chi connectivity index (χ4n) is 3.14. The van der Waals surface area contributed by atoms with Crippen LogP contribution in [-0.2, 0) is 24.8 Å². The normalized spacial score (nSPS) is 11.1. The largest absolute Gasteiger partial charge is 0.356 e. The van der Waals surface area contributed by atoms with Crippen molar-refractivity contribution in [3.05, 3.63) is 50.0 Å². The Morgan fingerprint density at radius 3 is 2.72 bits per heavy atom. The molecule has 0 aliphatic rings. The molecular formula is C19H24N6O2S2. The summed E-state index contributed by atoms with van der Waals surface area (Å²) >= 11 is 10.4. The molecule has 2 aromatic heterocycles. The van der Waals surface area contributed by atoms with Crippen LogP contribution in [0.3, 0.4) is 0 Å². The van der Waals surface area contributed by atoms with Crippen molar-refractivity contribution < 1.29 is 4.79 Å². The number of carbonyl (C=O) groups excluding carboxylic acids is 1. The first-order valence-corrected chi connectivity index (χ1v) is 10.4. The van der Waals surface area contributed by atoms with Gasteiger partial charge < -0.3 is 14.9 Å². The summed E-state index contributed by atoms with van der Waals surface area (Å²) in [6, 6.07) is 7.35. The van der Waals surface area contributed by atoms with Gasteiger partial charge in [-0.1, -0.05) is 18.6 Å². The average molecular weight is 433 g/mol. The van der Waals surface area contributed by atoms with Gasteiger partial charge in [0.2, 0.25) is 5.91 Å². The minimum atomic E-state index is -0.0733. The number of aromatic amines is 2. The van der Waals surface area contributed by atoms with E-state index in [9.17, 15) is 9.59 Å². The van der Waals surface area contributed by atoms with Crippen molar-refractivity contribution in [3.8, 4) is 0 Å². The SMILES string of the molecule is Cn1c(CCNC(=O)CCCCCn2c(=S)[nH]c3ccccc3c2=O)n[nH]c1=S. The number of carbonyl (C=O) groups is 1. The third-order valence-corrected chi connectivity index (χ3v) is 5.51. The van der Waals surface area contributed by atoms with E-state index in [0.717, 1.165) is 30.6 Å². The van der Waals surface area contributed by atoms with Gasteiger partial charge in [0.1, 0.15) is 5.82 Å². The van der Waals surface area contributed by atoms with Crippen LogP contribution in [0.4, 0.5) is 0 Å². The Balaban J connectivity index is 1.40. The summed E-state index contributed by atoms with van der Waals surface area (Å²) < 4.78 is 4.38. The summed E-state index contributed by atoms with van der Waals surface area (Å²) in [5, 5.41) is 10.4. The van der Waals surface area contributed by atoms with E-state index >= 15 is 0 Å². The molecule has 0 unspecified atom stereocenters. The van der Waals surface area contributed by atoms with Crippen LogP contribution in [0.2, 0.25) is 0 Å². The van der Waals surface area contributed by atoms with Gasteiger partial charge in [-0.15, -0.1) is 0 Å². The topological polar surface area (TPSA) is 100 Å². The number of rotatable bonds is 9. The fourth-order valence-corrected chi connectivity index (χ4v) is 3.57. The van der Waals surface area contributed by atoms with E-state index in [4.69, 9.17) is 24.4 Å². The number of hydrogen-bond donors (Lipinski definition) is 3. The summed E-state index contributed by atoms with van der Waals surface area (Å²) in [6.45, 7) is 1.06. The highest BCUT2D eigenvalue weighted by Crippen LogP contribution is 2.07. The van der Waals surface area contributed by atoms with Crippen LogP contribution in [0.5, 0.6) is 0 Å². The molecule has 0 spiro atoms. The molecule has 2 heterocycles. The van der Waals surface area contributed by atoms with Crippen molar-refractivity contribution in [2.45, 2.75) is 38.6 Å². The van der Waals surface area contributed by atoms with E-state index < -0.39 is 0 Å². The molecule has 0 saturated heterocycles. The zero-order chi connectivity index (χ0) is 20.8. The number of amides is 1. The third-order valence-electron chi connectivity index (χ3n) is 4.82. The van der Waals surface area contributed by atoms with Crippen LogP contribution < -0.4 is 10.9 Å². The predicted molar refractivity (Wildman–Crippen MR) is 117 cm³/mol. The minimum absolute atomic E-state index is 0.0157. The van der Waals surface area contributed by atoms with Crippen molar-refractivity contribution in [1.82, 2.24) is 29.6 Å². The second kappa shape index (κ2) is 9.75. The number of fused-ring (bicyclic) bond motifs is 1.